The highest BCUT2D eigenvalue weighted by molar-refractivity contribution is 7.19. The standard InChI is InChI=1S/C15H21FN2OS/c1-18(2)7-4-8-19-10-11-14(9-17)20-13-6-3-5-12(16)15(11)13/h3,5-6H,4,7-10,17H2,1-2H3. The molecule has 0 fully saturated rings. The summed E-state index contributed by atoms with van der Waals surface area (Å²) in [6.45, 7) is 2.52. The molecule has 1 aromatic heterocycles. The maximum atomic E-state index is 14.0. The Balaban J connectivity index is 2.08. The fraction of sp³-hybridized carbons (Fsp3) is 0.467. The first-order chi connectivity index (χ1) is 9.63. The molecule has 2 aromatic rings. The molecule has 0 saturated carbocycles. The molecule has 0 amide bonds. The zero-order chi connectivity index (χ0) is 14.5. The van der Waals surface area contributed by atoms with Crippen molar-refractivity contribution in [3.63, 3.8) is 0 Å². The third kappa shape index (κ3) is 3.55. The van der Waals surface area contributed by atoms with Crippen molar-refractivity contribution in [3.05, 3.63) is 34.5 Å². The van der Waals surface area contributed by atoms with E-state index in [4.69, 9.17) is 10.5 Å². The van der Waals surface area contributed by atoms with Crippen molar-refractivity contribution in [1.82, 2.24) is 4.90 Å². The van der Waals surface area contributed by atoms with Crippen LogP contribution in [0.15, 0.2) is 18.2 Å². The number of hydrogen-bond acceptors (Lipinski definition) is 4. The Morgan fingerprint density at radius 2 is 2.15 bits per heavy atom. The molecular formula is C15H21FN2OS. The van der Waals surface area contributed by atoms with Crippen LogP contribution in [0.3, 0.4) is 0 Å². The Hall–Kier alpha value is -1.01. The minimum absolute atomic E-state index is 0.189. The number of fused-ring (bicyclic) bond motifs is 1. The molecule has 0 aliphatic heterocycles. The van der Waals surface area contributed by atoms with E-state index in [1.54, 1.807) is 17.4 Å². The number of nitrogens with two attached hydrogens (primary N) is 1. The maximum Gasteiger partial charge on any atom is 0.132 e. The highest BCUT2D eigenvalue weighted by Gasteiger charge is 2.14. The van der Waals surface area contributed by atoms with Crippen molar-refractivity contribution in [3.8, 4) is 0 Å². The predicted octanol–water partition coefficient (Wildman–Crippen LogP) is 2.97. The first-order valence-electron chi connectivity index (χ1n) is 6.74. The lowest BCUT2D eigenvalue weighted by Gasteiger charge is -2.10. The lowest BCUT2D eigenvalue weighted by molar-refractivity contribution is 0.113. The van der Waals surface area contributed by atoms with Crippen LogP contribution < -0.4 is 5.73 Å². The second-order valence-electron chi connectivity index (χ2n) is 5.03. The number of benzene rings is 1. The van der Waals surface area contributed by atoms with Crippen LogP contribution in [-0.4, -0.2) is 32.1 Å². The van der Waals surface area contributed by atoms with E-state index in [2.05, 4.69) is 4.90 Å². The van der Waals surface area contributed by atoms with E-state index in [0.717, 1.165) is 28.1 Å². The van der Waals surface area contributed by atoms with Gasteiger partial charge in [0.05, 0.1) is 6.61 Å². The van der Waals surface area contributed by atoms with Crippen LogP contribution in [0.2, 0.25) is 0 Å². The molecular weight excluding hydrogens is 275 g/mol. The molecule has 0 unspecified atom stereocenters. The Kier molecular flexibility index (Phi) is 5.48. The lowest BCUT2D eigenvalue weighted by Crippen LogP contribution is -2.14. The third-order valence-electron chi connectivity index (χ3n) is 3.17. The fourth-order valence-electron chi connectivity index (χ4n) is 2.19. The van der Waals surface area contributed by atoms with Crippen LogP contribution in [0.4, 0.5) is 4.39 Å². The van der Waals surface area contributed by atoms with Gasteiger partial charge in [-0.2, -0.15) is 0 Å². The van der Waals surface area contributed by atoms with Gasteiger partial charge in [0.1, 0.15) is 5.82 Å². The summed E-state index contributed by atoms with van der Waals surface area (Å²) >= 11 is 1.55. The fourth-order valence-corrected chi connectivity index (χ4v) is 3.29. The Morgan fingerprint density at radius 1 is 1.35 bits per heavy atom. The van der Waals surface area contributed by atoms with Crippen LogP contribution >= 0.6 is 11.3 Å². The normalized spacial score (nSPS) is 11.7. The van der Waals surface area contributed by atoms with Gasteiger partial charge in [0, 0.05) is 33.7 Å². The van der Waals surface area contributed by atoms with E-state index in [9.17, 15) is 4.39 Å². The minimum Gasteiger partial charge on any atom is -0.377 e. The number of rotatable bonds is 7. The molecule has 0 aliphatic rings. The number of hydrogen-bond donors (Lipinski definition) is 1. The molecule has 0 saturated heterocycles. The zero-order valence-electron chi connectivity index (χ0n) is 12.0. The summed E-state index contributed by atoms with van der Waals surface area (Å²) in [7, 11) is 4.07. The van der Waals surface area contributed by atoms with E-state index in [1.807, 2.05) is 20.2 Å². The summed E-state index contributed by atoms with van der Waals surface area (Å²) in [5, 5.41) is 0.672. The Bertz CT molecular complexity index is 568. The van der Waals surface area contributed by atoms with E-state index in [0.29, 0.717) is 25.1 Å². The highest BCUT2D eigenvalue weighted by atomic mass is 32.1. The molecule has 0 spiro atoms. The highest BCUT2D eigenvalue weighted by Crippen LogP contribution is 2.33. The summed E-state index contributed by atoms with van der Waals surface area (Å²) in [5.74, 6) is -0.189. The SMILES string of the molecule is CN(C)CCCOCc1c(CN)sc2cccc(F)c12. The molecule has 0 radical (unpaired) electrons. The number of thiophene rings is 1. The van der Waals surface area contributed by atoms with Gasteiger partial charge in [0.15, 0.2) is 0 Å². The Morgan fingerprint density at radius 3 is 2.85 bits per heavy atom. The first kappa shape index (κ1) is 15.4. The Labute approximate surface area is 123 Å². The molecule has 110 valence electrons. The van der Waals surface area contributed by atoms with Crippen LogP contribution in [-0.2, 0) is 17.9 Å². The number of nitrogens with zero attached hydrogens (tertiary/aromatic N) is 1. The molecule has 3 nitrogen and oxygen atoms in total. The van der Waals surface area contributed by atoms with Crippen LogP contribution in [0.1, 0.15) is 16.9 Å². The topological polar surface area (TPSA) is 38.5 Å². The van der Waals surface area contributed by atoms with Crippen molar-refractivity contribution in [2.24, 2.45) is 5.73 Å². The van der Waals surface area contributed by atoms with Gasteiger partial charge in [-0.1, -0.05) is 6.07 Å². The van der Waals surface area contributed by atoms with Gasteiger partial charge in [0.25, 0.3) is 0 Å². The molecule has 0 atom stereocenters. The molecule has 20 heavy (non-hydrogen) atoms. The van der Waals surface area contributed by atoms with Gasteiger partial charge in [-0.05, 0) is 39.2 Å². The first-order valence-corrected chi connectivity index (χ1v) is 7.56. The molecule has 5 heteroatoms. The van der Waals surface area contributed by atoms with Crippen molar-refractivity contribution in [2.75, 3.05) is 27.2 Å². The van der Waals surface area contributed by atoms with Gasteiger partial charge in [0.2, 0.25) is 0 Å². The average Bonchev–Trinajstić information content (AvgIpc) is 2.77. The monoisotopic (exact) mass is 296 g/mol. The van der Waals surface area contributed by atoms with E-state index in [-0.39, 0.29) is 5.82 Å². The summed E-state index contributed by atoms with van der Waals surface area (Å²) < 4.78 is 20.6. The second kappa shape index (κ2) is 7.13. The molecule has 0 bridgehead atoms. The number of halogens is 1. The second-order valence-corrected chi connectivity index (χ2v) is 6.17. The van der Waals surface area contributed by atoms with Crippen molar-refractivity contribution < 1.29 is 9.13 Å². The minimum atomic E-state index is -0.189. The lowest BCUT2D eigenvalue weighted by atomic mass is 10.1. The van der Waals surface area contributed by atoms with Crippen molar-refractivity contribution in [2.45, 2.75) is 19.6 Å². The van der Waals surface area contributed by atoms with Gasteiger partial charge in [-0.15, -0.1) is 11.3 Å². The summed E-state index contributed by atoms with van der Waals surface area (Å²) in [5.41, 5.74) is 6.67. The van der Waals surface area contributed by atoms with E-state index in [1.165, 1.54) is 6.07 Å². The van der Waals surface area contributed by atoms with Gasteiger partial charge in [-0.25, -0.2) is 4.39 Å². The summed E-state index contributed by atoms with van der Waals surface area (Å²) in [4.78, 5) is 3.13. The molecule has 1 heterocycles. The van der Waals surface area contributed by atoms with Crippen LogP contribution in [0.25, 0.3) is 10.1 Å². The van der Waals surface area contributed by atoms with Crippen molar-refractivity contribution in [1.29, 1.82) is 0 Å². The smallest absolute Gasteiger partial charge is 0.132 e. The molecule has 2 rings (SSSR count). The van der Waals surface area contributed by atoms with Gasteiger partial charge in [-0.3, -0.25) is 0 Å². The average molecular weight is 296 g/mol. The largest absolute Gasteiger partial charge is 0.377 e. The quantitative estimate of drug-likeness (QED) is 0.798. The molecule has 2 N–H and O–H groups in total. The van der Waals surface area contributed by atoms with Gasteiger partial charge >= 0.3 is 0 Å². The molecule has 0 aliphatic carbocycles. The van der Waals surface area contributed by atoms with E-state index < -0.39 is 0 Å². The van der Waals surface area contributed by atoms with Crippen LogP contribution in [0, 0.1) is 5.82 Å². The maximum absolute atomic E-state index is 14.0. The molecule has 1 aromatic carbocycles. The number of ether oxygens (including phenoxy) is 1. The zero-order valence-corrected chi connectivity index (χ0v) is 12.8. The summed E-state index contributed by atoms with van der Waals surface area (Å²) in [6, 6.07) is 5.15. The third-order valence-corrected chi connectivity index (χ3v) is 4.39. The van der Waals surface area contributed by atoms with Gasteiger partial charge < -0.3 is 15.4 Å². The van der Waals surface area contributed by atoms with E-state index >= 15 is 0 Å². The summed E-state index contributed by atoms with van der Waals surface area (Å²) in [6.07, 6.45) is 0.968. The van der Waals surface area contributed by atoms with Crippen molar-refractivity contribution >= 4 is 21.4 Å². The van der Waals surface area contributed by atoms with Crippen LogP contribution in [0.5, 0.6) is 0 Å². The predicted molar refractivity (Wildman–Crippen MR) is 82.5 cm³/mol.